The van der Waals surface area contributed by atoms with E-state index in [1.54, 1.807) is 23.5 Å². The molecule has 0 aliphatic carbocycles. The fourth-order valence-corrected chi connectivity index (χ4v) is 4.02. The van der Waals surface area contributed by atoms with Crippen LogP contribution in [0.1, 0.15) is 11.1 Å². The van der Waals surface area contributed by atoms with Crippen molar-refractivity contribution in [1.82, 2.24) is 4.57 Å². The summed E-state index contributed by atoms with van der Waals surface area (Å²) in [6.07, 6.45) is 0. The lowest BCUT2D eigenvalue weighted by atomic mass is 10.1. The standard InChI is InChI=1S/C20H14N2OS/c1-13-10-11-24-20(13)19-17(12-21)16-4-2-3-5-18(16)22(19)14-6-8-15(23)9-7-14/h2-11,23H,1H3. The summed E-state index contributed by atoms with van der Waals surface area (Å²) in [6, 6.07) is 19.5. The van der Waals surface area contributed by atoms with Crippen molar-refractivity contribution in [3.63, 3.8) is 0 Å². The number of phenolic OH excluding ortho intramolecular Hbond substituents is 1. The molecule has 0 unspecified atom stereocenters. The van der Waals surface area contributed by atoms with E-state index in [9.17, 15) is 10.4 Å². The van der Waals surface area contributed by atoms with E-state index in [1.807, 2.05) is 41.8 Å². The lowest BCUT2D eigenvalue weighted by molar-refractivity contribution is 0.475. The molecule has 3 nitrogen and oxygen atoms in total. The van der Waals surface area contributed by atoms with E-state index in [0.717, 1.165) is 32.7 Å². The van der Waals surface area contributed by atoms with Crippen molar-refractivity contribution in [2.75, 3.05) is 0 Å². The van der Waals surface area contributed by atoms with Crippen LogP contribution in [0.2, 0.25) is 0 Å². The van der Waals surface area contributed by atoms with Gasteiger partial charge in [0.1, 0.15) is 11.8 Å². The van der Waals surface area contributed by atoms with Gasteiger partial charge in [0.25, 0.3) is 0 Å². The Labute approximate surface area is 143 Å². The number of phenols is 1. The largest absolute Gasteiger partial charge is 0.508 e. The molecule has 1 N–H and O–H groups in total. The molecule has 0 amide bonds. The molecule has 0 saturated carbocycles. The van der Waals surface area contributed by atoms with Crippen LogP contribution in [0.15, 0.2) is 60.0 Å². The molecule has 116 valence electrons. The van der Waals surface area contributed by atoms with Gasteiger partial charge >= 0.3 is 0 Å². The quantitative estimate of drug-likeness (QED) is 0.546. The summed E-state index contributed by atoms with van der Waals surface area (Å²) < 4.78 is 2.10. The Bertz CT molecular complexity index is 1080. The van der Waals surface area contributed by atoms with Gasteiger partial charge in [-0.15, -0.1) is 11.3 Å². The van der Waals surface area contributed by atoms with Gasteiger partial charge in [0.15, 0.2) is 0 Å². The second-order valence-corrected chi connectivity index (χ2v) is 6.55. The van der Waals surface area contributed by atoms with Gasteiger partial charge in [-0.05, 0) is 54.3 Å². The molecule has 0 atom stereocenters. The van der Waals surface area contributed by atoms with Gasteiger partial charge in [0.2, 0.25) is 0 Å². The summed E-state index contributed by atoms with van der Waals surface area (Å²) in [4.78, 5) is 1.09. The van der Waals surface area contributed by atoms with Crippen LogP contribution >= 0.6 is 11.3 Å². The van der Waals surface area contributed by atoms with Crippen molar-refractivity contribution >= 4 is 22.2 Å². The van der Waals surface area contributed by atoms with E-state index in [-0.39, 0.29) is 5.75 Å². The monoisotopic (exact) mass is 330 g/mol. The maximum atomic E-state index is 9.81. The average molecular weight is 330 g/mol. The van der Waals surface area contributed by atoms with Crippen LogP contribution in [0.5, 0.6) is 5.75 Å². The molecule has 4 heteroatoms. The first-order valence-corrected chi connectivity index (χ1v) is 8.46. The molecule has 0 bridgehead atoms. The Kier molecular flexibility index (Phi) is 3.37. The number of nitriles is 1. The molecule has 2 aromatic heterocycles. The predicted octanol–water partition coefficient (Wildman–Crippen LogP) is 5.24. The summed E-state index contributed by atoms with van der Waals surface area (Å²) in [5, 5.41) is 22.4. The van der Waals surface area contributed by atoms with Crippen LogP contribution in [0.25, 0.3) is 27.2 Å². The number of rotatable bonds is 2. The van der Waals surface area contributed by atoms with Crippen molar-refractivity contribution in [2.45, 2.75) is 6.92 Å². The lowest BCUT2D eigenvalue weighted by Gasteiger charge is -2.11. The van der Waals surface area contributed by atoms with Gasteiger partial charge in [-0.3, -0.25) is 0 Å². The Morgan fingerprint density at radius 1 is 1.04 bits per heavy atom. The molecule has 0 saturated heterocycles. The van der Waals surface area contributed by atoms with E-state index in [2.05, 4.69) is 23.6 Å². The average Bonchev–Trinajstić information content (AvgIpc) is 3.16. The van der Waals surface area contributed by atoms with E-state index in [0.29, 0.717) is 5.56 Å². The van der Waals surface area contributed by atoms with Crippen molar-refractivity contribution in [3.05, 3.63) is 71.1 Å². The highest BCUT2D eigenvalue weighted by Crippen LogP contribution is 2.39. The van der Waals surface area contributed by atoms with Gasteiger partial charge < -0.3 is 9.67 Å². The molecule has 0 fully saturated rings. The predicted molar refractivity (Wildman–Crippen MR) is 97.7 cm³/mol. The number of fused-ring (bicyclic) bond motifs is 1. The molecule has 0 aliphatic rings. The third-order valence-electron chi connectivity index (χ3n) is 4.17. The summed E-state index contributed by atoms with van der Waals surface area (Å²) >= 11 is 1.64. The molecule has 4 aromatic rings. The van der Waals surface area contributed by atoms with Crippen molar-refractivity contribution < 1.29 is 5.11 Å². The Balaban J connectivity index is 2.17. The zero-order valence-corrected chi connectivity index (χ0v) is 13.8. The number of aromatic nitrogens is 1. The number of hydrogen-bond donors (Lipinski definition) is 1. The van der Waals surface area contributed by atoms with Crippen LogP contribution in [-0.4, -0.2) is 9.67 Å². The summed E-state index contributed by atoms with van der Waals surface area (Å²) in [5.74, 6) is 0.226. The van der Waals surface area contributed by atoms with E-state index in [4.69, 9.17) is 0 Å². The molecular formula is C20H14N2OS. The van der Waals surface area contributed by atoms with Crippen LogP contribution in [0.3, 0.4) is 0 Å². The molecule has 0 radical (unpaired) electrons. The van der Waals surface area contributed by atoms with Gasteiger partial charge in [0.05, 0.1) is 21.7 Å². The molecule has 0 spiro atoms. The number of aryl methyl sites for hydroxylation is 1. The van der Waals surface area contributed by atoms with Gasteiger partial charge in [-0.1, -0.05) is 18.2 Å². The van der Waals surface area contributed by atoms with Crippen molar-refractivity contribution in [2.24, 2.45) is 0 Å². The van der Waals surface area contributed by atoms with Crippen LogP contribution in [0.4, 0.5) is 0 Å². The highest BCUT2D eigenvalue weighted by molar-refractivity contribution is 7.13. The molecular weight excluding hydrogens is 316 g/mol. The van der Waals surface area contributed by atoms with Gasteiger partial charge in [0, 0.05) is 11.1 Å². The molecule has 2 heterocycles. The summed E-state index contributed by atoms with van der Waals surface area (Å²) in [7, 11) is 0. The minimum atomic E-state index is 0.226. The zero-order chi connectivity index (χ0) is 16.7. The first-order chi connectivity index (χ1) is 11.7. The third kappa shape index (κ3) is 2.10. The van der Waals surface area contributed by atoms with Crippen LogP contribution in [-0.2, 0) is 0 Å². The van der Waals surface area contributed by atoms with Gasteiger partial charge in [-0.25, -0.2) is 0 Å². The maximum absolute atomic E-state index is 9.81. The van der Waals surface area contributed by atoms with E-state index in [1.165, 1.54) is 0 Å². The lowest BCUT2D eigenvalue weighted by Crippen LogP contribution is -1.97. The maximum Gasteiger partial charge on any atom is 0.115 e. The number of benzene rings is 2. The number of hydrogen-bond acceptors (Lipinski definition) is 3. The first-order valence-electron chi connectivity index (χ1n) is 7.58. The highest BCUT2D eigenvalue weighted by atomic mass is 32.1. The van der Waals surface area contributed by atoms with Crippen LogP contribution in [0, 0.1) is 18.3 Å². The Morgan fingerprint density at radius 2 is 1.79 bits per heavy atom. The third-order valence-corrected chi connectivity index (χ3v) is 5.19. The molecule has 4 rings (SSSR count). The number of nitrogens with zero attached hydrogens (tertiary/aromatic N) is 2. The zero-order valence-electron chi connectivity index (χ0n) is 13.0. The van der Waals surface area contributed by atoms with Gasteiger partial charge in [-0.2, -0.15) is 5.26 Å². The summed E-state index contributed by atoms with van der Waals surface area (Å²) in [6.45, 7) is 2.06. The second kappa shape index (κ2) is 5.55. The number of para-hydroxylation sites is 1. The normalized spacial score (nSPS) is 10.8. The minimum absolute atomic E-state index is 0.226. The number of aromatic hydroxyl groups is 1. The van der Waals surface area contributed by atoms with E-state index < -0.39 is 0 Å². The topological polar surface area (TPSA) is 49.0 Å². The molecule has 24 heavy (non-hydrogen) atoms. The second-order valence-electron chi connectivity index (χ2n) is 5.64. The number of thiophene rings is 1. The fraction of sp³-hybridized carbons (Fsp3) is 0.0500. The summed E-state index contributed by atoms with van der Waals surface area (Å²) in [5.41, 5.74) is 4.66. The SMILES string of the molecule is Cc1ccsc1-c1c(C#N)c2ccccc2n1-c1ccc(O)cc1. The first kappa shape index (κ1) is 14.6. The Morgan fingerprint density at radius 3 is 2.46 bits per heavy atom. The molecule has 2 aromatic carbocycles. The molecule has 0 aliphatic heterocycles. The smallest absolute Gasteiger partial charge is 0.115 e. The van der Waals surface area contributed by atoms with Crippen LogP contribution < -0.4 is 0 Å². The van der Waals surface area contributed by atoms with Crippen molar-refractivity contribution in [3.8, 4) is 28.1 Å². The fourth-order valence-electron chi connectivity index (χ4n) is 3.05. The van der Waals surface area contributed by atoms with E-state index >= 15 is 0 Å². The highest BCUT2D eigenvalue weighted by Gasteiger charge is 2.21. The minimum Gasteiger partial charge on any atom is -0.508 e. The Hall–Kier alpha value is -3.03. The van der Waals surface area contributed by atoms with Crippen molar-refractivity contribution in [1.29, 1.82) is 5.26 Å².